The third-order valence-electron chi connectivity index (χ3n) is 4.15. The van der Waals surface area contributed by atoms with Crippen LogP contribution in [0.25, 0.3) is 0 Å². The molecule has 1 N–H and O–H groups in total. The molecule has 3 heteroatoms. The maximum absolute atomic E-state index is 12.9. The molecule has 0 unspecified atom stereocenters. The topological polar surface area (TPSA) is 12.0 Å². The first-order valence-corrected chi connectivity index (χ1v) is 7.73. The minimum Gasteiger partial charge on any atom is -0.303 e. The summed E-state index contributed by atoms with van der Waals surface area (Å²) in [6.07, 6.45) is 3.58. The van der Waals surface area contributed by atoms with Crippen molar-refractivity contribution in [2.24, 2.45) is 0 Å². The number of benzene rings is 2. The van der Waals surface area contributed by atoms with E-state index in [4.69, 9.17) is 0 Å². The van der Waals surface area contributed by atoms with Gasteiger partial charge in [-0.05, 0) is 54.7 Å². The van der Waals surface area contributed by atoms with Crippen molar-refractivity contribution in [2.45, 2.75) is 31.3 Å². The fraction of sp³-hybridized carbons (Fsp3) is 0.294. The molecule has 0 saturated heterocycles. The SMILES string of the molecule is Fc1ccc(CNC2(c3ccc(Br)cc3)CCC2)cc1. The average Bonchev–Trinajstić information content (AvgIpc) is 2.41. The molecule has 2 aromatic rings. The van der Waals surface area contributed by atoms with E-state index in [-0.39, 0.29) is 11.4 Å². The molecule has 0 bridgehead atoms. The predicted molar refractivity (Wildman–Crippen MR) is 82.9 cm³/mol. The molecule has 0 heterocycles. The molecule has 0 amide bonds. The van der Waals surface area contributed by atoms with Gasteiger partial charge in [-0.15, -0.1) is 0 Å². The van der Waals surface area contributed by atoms with Crippen LogP contribution < -0.4 is 5.32 Å². The standard InChI is InChI=1S/C17H17BrFN/c18-15-6-4-14(5-7-15)17(10-1-11-17)20-12-13-2-8-16(19)9-3-13/h2-9,20H,1,10-12H2. The smallest absolute Gasteiger partial charge is 0.123 e. The van der Waals surface area contributed by atoms with Crippen LogP contribution >= 0.6 is 15.9 Å². The summed E-state index contributed by atoms with van der Waals surface area (Å²) >= 11 is 3.48. The summed E-state index contributed by atoms with van der Waals surface area (Å²) in [4.78, 5) is 0. The first-order chi connectivity index (χ1) is 9.68. The molecule has 1 fully saturated rings. The van der Waals surface area contributed by atoms with Crippen LogP contribution in [-0.4, -0.2) is 0 Å². The highest BCUT2D eigenvalue weighted by Gasteiger charge is 2.37. The molecule has 1 saturated carbocycles. The normalized spacial score (nSPS) is 16.7. The minimum atomic E-state index is -0.181. The zero-order chi connectivity index (χ0) is 14.0. The van der Waals surface area contributed by atoms with E-state index in [1.165, 1.54) is 24.1 Å². The highest BCUT2D eigenvalue weighted by Crippen LogP contribution is 2.41. The summed E-state index contributed by atoms with van der Waals surface area (Å²) in [5, 5.41) is 3.67. The highest BCUT2D eigenvalue weighted by molar-refractivity contribution is 9.10. The fourth-order valence-corrected chi connectivity index (χ4v) is 3.00. The van der Waals surface area contributed by atoms with Crippen molar-refractivity contribution in [3.8, 4) is 0 Å². The van der Waals surface area contributed by atoms with Crippen LogP contribution in [-0.2, 0) is 12.1 Å². The summed E-state index contributed by atoms with van der Waals surface area (Å²) < 4.78 is 14.0. The molecule has 0 radical (unpaired) electrons. The first-order valence-electron chi connectivity index (χ1n) is 6.93. The lowest BCUT2D eigenvalue weighted by atomic mass is 9.71. The van der Waals surface area contributed by atoms with Crippen molar-refractivity contribution in [2.75, 3.05) is 0 Å². The number of rotatable bonds is 4. The highest BCUT2D eigenvalue weighted by atomic mass is 79.9. The lowest BCUT2D eigenvalue weighted by Crippen LogP contribution is -2.47. The second-order valence-electron chi connectivity index (χ2n) is 5.42. The largest absolute Gasteiger partial charge is 0.303 e. The van der Waals surface area contributed by atoms with Gasteiger partial charge in [0.1, 0.15) is 5.82 Å². The Kier molecular flexibility index (Phi) is 3.90. The number of hydrogen-bond donors (Lipinski definition) is 1. The lowest BCUT2D eigenvalue weighted by molar-refractivity contribution is 0.183. The molecule has 20 heavy (non-hydrogen) atoms. The van der Waals surface area contributed by atoms with Crippen molar-refractivity contribution < 1.29 is 4.39 Å². The Morgan fingerprint density at radius 3 is 2.20 bits per heavy atom. The van der Waals surface area contributed by atoms with E-state index < -0.39 is 0 Å². The second kappa shape index (κ2) is 5.66. The van der Waals surface area contributed by atoms with Crippen molar-refractivity contribution in [1.29, 1.82) is 0 Å². The van der Waals surface area contributed by atoms with E-state index in [9.17, 15) is 4.39 Å². The van der Waals surface area contributed by atoms with Crippen LogP contribution in [0.15, 0.2) is 53.0 Å². The van der Waals surface area contributed by atoms with Crippen LogP contribution in [0.1, 0.15) is 30.4 Å². The van der Waals surface area contributed by atoms with Gasteiger partial charge in [0, 0.05) is 16.6 Å². The molecule has 1 nitrogen and oxygen atoms in total. The van der Waals surface area contributed by atoms with Crippen molar-refractivity contribution in [1.82, 2.24) is 5.32 Å². The average molecular weight is 334 g/mol. The summed E-state index contributed by atoms with van der Waals surface area (Å²) in [6.45, 7) is 0.774. The zero-order valence-corrected chi connectivity index (χ0v) is 12.8. The van der Waals surface area contributed by atoms with Crippen molar-refractivity contribution >= 4 is 15.9 Å². The first kappa shape index (κ1) is 13.8. The summed E-state index contributed by atoms with van der Waals surface area (Å²) in [5.74, 6) is -0.181. The maximum Gasteiger partial charge on any atom is 0.123 e. The second-order valence-corrected chi connectivity index (χ2v) is 6.34. The molecule has 0 aliphatic heterocycles. The van der Waals surface area contributed by atoms with Crippen LogP contribution in [0, 0.1) is 5.82 Å². The van der Waals surface area contributed by atoms with Gasteiger partial charge in [0.05, 0.1) is 0 Å². The monoisotopic (exact) mass is 333 g/mol. The lowest BCUT2D eigenvalue weighted by Gasteiger charge is -2.43. The predicted octanol–water partition coefficient (Wildman–Crippen LogP) is 4.76. The Balaban J connectivity index is 1.73. The van der Waals surface area contributed by atoms with Gasteiger partial charge < -0.3 is 5.32 Å². The Hall–Kier alpha value is -1.19. The van der Waals surface area contributed by atoms with Gasteiger partial charge in [0.2, 0.25) is 0 Å². The molecule has 1 aliphatic carbocycles. The summed E-state index contributed by atoms with van der Waals surface area (Å²) in [6, 6.07) is 15.3. The number of hydrogen-bond acceptors (Lipinski definition) is 1. The third-order valence-corrected chi connectivity index (χ3v) is 4.68. The van der Waals surface area contributed by atoms with Gasteiger partial charge in [0.25, 0.3) is 0 Å². The molecule has 1 aliphatic rings. The van der Waals surface area contributed by atoms with Crippen LogP contribution in [0.3, 0.4) is 0 Å². The maximum atomic E-state index is 12.9. The van der Waals surface area contributed by atoms with Crippen LogP contribution in [0.2, 0.25) is 0 Å². The van der Waals surface area contributed by atoms with Crippen LogP contribution in [0.4, 0.5) is 4.39 Å². The Morgan fingerprint density at radius 2 is 1.65 bits per heavy atom. The van der Waals surface area contributed by atoms with E-state index in [0.29, 0.717) is 0 Å². The van der Waals surface area contributed by atoms with Gasteiger partial charge in [0.15, 0.2) is 0 Å². The fourth-order valence-electron chi connectivity index (χ4n) is 2.74. The quantitative estimate of drug-likeness (QED) is 0.850. The Bertz CT molecular complexity index is 573. The molecular weight excluding hydrogens is 317 g/mol. The van der Waals surface area contributed by atoms with Gasteiger partial charge in [-0.25, -0.2) is 4.39 Å². The molecule has 0 spiro atoms. The molecule has 3 rings (SSSR count). The minimum absolute atomic E-state index is 0.0923. The van der Waals surface area contributed by atoms with Gasteiger partial charge in [-0.2, -0.15) is 0 Å². The Labute approximate surface area is 127 Å². The third kappa shape index (κ3) is 2.79. The number of nitrogens with one attached hydrogen (secondary N) is 1. The van der Waals surface area contributed by atoms with Crippen LogP contribution in [0.5, 0.6) is 0 Å². The van der Waals surface area contributed by atoms with E-state index in [1.54, 1.807) is 0 Å². The Morgan fingerprint density at radius 1 is 1.00 bits per heavy atom. The summed E-state index contributed by atoms with van der Waals surface area (Å²) in [5.41, 5.74) is 2.55. The van der Waals surface area contributed by atoms with Crippen molar-refractivity contribution in [3.63, 3.8) is 0 Å². The number of halogens is 2. The van der Waals surface area contributed by atoms with Gasteiger partial charge in [-0.3, -0.25) is 0 Å². The molecule has 104 valence electrons. The van der Waals surface area contributed by atoms with E-state index in [2.05, 4.69) is 45.5 Å². The molecular formula is C17H17BrFN. The molecule has 0 aromatic heterocycles. The van der Waals surface area contributed by atoms with E-state index >= 15 is 0 Å². The van der Waals surface area contributed by atoms with Gasteiger partial charge >= 0.3 is 0 Å². The van der Waals surface area contributed by atoms with Crippen molar-refractivity contribution in [3.05, 3.63) is 69.9 Å². The zero-order valence-electron chi connectivity index (χ0n) is 11.2. The molecule has 2 aromatic carbocycles. The van der Waals surface area contributed by atoms with E-state index in [0.717, 1.165) is 29.4 Å². The van der Waals surface area contributed by atoms with E-state index in [1.807, 2.05) is 12.1 Å². The van der Waals surface area contributed by atoms with Gasteiger partial charge in [-0.1, -0.05) is 40.2 Å². The summed E-state index contributed by atoms with van der Waals surface area (Å²) in [7, 11) is 0. The molecule has 0 atom stereocenters.